The third-order valence-corrected chi connectivity index (χ3v) is 5.45. The third kappa shape index (κ3) is 5.47. The van der Waals surface area contributed by atoms with Crippen molar-refractivity contribution in [3.63, 3.8) is 0 Å². The number of hydrogen-bond acceptors (Lipinski definition) is 3. The fraction of sp³-hybridized carbons (Fsp3) is 0.571. The number of hydrogen-bond donors (Lipinski definition) is 3. The zero-order chi connectivity index (χ0) is 19.8. The molecule has 1 saturated heterocycles. The van der Waals surface area contributed by atoms with Gasteiger partial charge in [-0.2, -0.15) is 0 Å². The number of para-hydroxylation sites is 1. The summed E-state index contributed by atoms with van der Waals surface area (Å²) in [5, 5.41) is 9.54. The molecule has 3 N–H and O–H groups in total. The predicted octanol–water partition coefficient (Wildman–Crippen LogP) is 1.65. The Labute approximate surface area is 167 Å². The van der Waals surface area contributed by atoms with Crippen LogP contribution in [0.4, 0.5) is 5.69 Å². The minimum atomic E-state index is 0.00994. The maximum atomic E-state index is 12.3. The summed E-state index contributed by atoms with van der Waals surface area (Å²) in [5.74, 6) is 1.11. The summed E-state index contributed by atoms with van der Waals surface area (Å²) in [7, 11) is 1.71. The predicted molar refractivity (Wildman–Crippen MR) is 111 cm³/mol. The normalized spacial score (nSPS) is 20.9. The lowest BCUT2D eigenvalue weighted by atomic mass is 9.89. The minimum absolute atomic E-state index is 0.00994. The summed E-state index contributed by atoms with van der Waals surface area (Å²) < 4.78 is 0. The Hall–Kier alpha value is -2.57. The fourth-order valence-corrected chi connectivity index (χ4v) is 3.93. The van der Waals surface area contributed by atoms with Crippen molar-refractivity contribution in [1.82, 2.24) is 16.0 Å². The lowest BCUT2D eigenvalue weighted by molar-refractivity contribution is -0.125. The Bertz CT molecular complexity index is 685. The summed E-state index contributed by atoms with van der Waals surface area (Å²) in [4.78, 5) is 30.5. The molecular weight excluding hydrogens is 354 g/mol. The molecule has 1 atom stereocenters. The number of anilines is 1. The first-order valence-electron chi connectivity index (χ1n) is 10.3. The SMILES string of the molecule is CN=C(NCCNC(=O)C1CCCCC1)NC1CC(=O)N(c2ccccc2)C1. The third-order valence-electron chi connectivity index (χ3n) is 5.45. The monoisotopic (exact) mass is 385 g/mol. The van der Waals surface area contributed by atoms with Gasteiger partial charge in [0.15, 0.2) is 5.96 Å². The van der Waals surface area contributed by atoms with Crippen LogP contribution in [-0.2, 0) is 9.59 Å². The van der Waals surface area contributed by atoms with E-state index < -0.39 is 0 Å². The van der Waals surface area contributed by atoms with Crippen molar-refractivity contribution in [2.45, 2.75) is 44.6 Å². The van der Waals surface area contributed by atoms with Crippen LogP contribution in [0.3, 0.4) is 0 Å². The average Bonchev–Trinajstić information content (AvgIpc) is 3.11. The molecule has 152 valence electrons. The van der Waals surface area contributed by atoms with Gasteiger partial charge < -0.3 is 20.9 Å². The summed E-state index contributed by atoms with van der Waals surface area (Å²) in [6, 6.07) is 9.72. The van der Waals surface area contributed by atoms with E-state index in [1.54, 1.807) is 11.9 Å². The Morgan fingerprint density at radius 1 is 1.11 bits per heavy atom. The number of benzene rings is 1. The summed E-state index contributed by atoms with van der Waals surface area (Å²) in [6.07, 6.45) is 6.03. The van der Waals surface area contributed by atoms with Crippen molar-refractivity contribution in [3.05, 3.63) is 30.3 Å². The van der Waals surface area contributed by atoms with Crippen molar-refractivity contribution < 1.29 is 9.59 Å². The smallest absolute Gasteiger partial charge is 0.229 e. The molecule has 3 rings (SSSR count). The van der Waals surface area contributed by atoms with Crippen LogP contribution < -0.4 is 20.9 Å². The molecule has 7 nitrogen and oxygen atoms in total. The molecule has 0 bridgehead atoms. The average molecular weight is 386 g/mol. The highest BCUT2D eigenvalue weighted by atomic mass is 16.2. The molecule has 2 amide bonds. The second-order valence-electron chi connectivity index (χ2n) is 7.51. The van der Waals surface area contributed by atoms with E-state index in [0.717, 1.165) is 31.4 Å². The Morgan fingerprint density at radius 3 is 2.54 bits per heavy atom. The highest BCUT2D eigenvalue weighted by Crippen LogP contribution is 2.23. The molecule has 0 aromatic heterocycles. The number of nitrogens with one attached hydrogen (secondary N) is 3. The van der Waals surface area contributed by atoms with Gasteiger partial charge in [-0.1, -0.05) is 37.5 Å². The second kappa shape index (κ2) is 10.1. The largest absolute Gasteiger partial charge is 0.355 e. The van der Waals surface area contributed by atoms with Gasteiger partial charge in [0.05, 0.1) is 6.04 Å². The molecule has 0 spiro atoms. The van der Waals surface area contributed by atoms with E-state index in [1.807, 2.05) is 30.3 Å². The lowest BCUT2D eigenvalue weighted by Gasteiger charge is -2.21. The molecule has 1 aromatic carbocycles. The van der Waals surface area contributed by atoms with Crippen LogP contribution in [0, 0.1) is 5.92 Å². The number of nitrogens with zero attached hydrogens (tertiary/aromatic N) is 2. The summed E-state index contributed by atoms with van der Waals surface area (Å²) in [5.41, 5.74) is 0.921. The first-order chi connectivity index (χ1) is 13.7. The molecule has 1 unspecified atom stereocenters. The first-order valence-corrected chi connectivity index (χ1v) is 10.3. The van der Waals surface area contributed by atoms with Gasteiger partial charge in [0.25, 0.3) is 0 Å². The molecule has 1 aliphatic carbocycles. The van der Waals surface area contributed by atoms with E-state index in [-0.39, 0.29) is 23.8 Å². The molecule has 28 heavy (non-hydrogen) atoms. The van der Waals surface area contributed by atoms with Crippen LogP contribution in [0.2, 0.25) is 0 Å². The highest BCUT2D eigenvalue weighted by molar-refractivity contribution is 5.97. The van der Waals surface area contributed by atoms with Gasteiger partial charge in [-0.25, -0.2) is 0 Å². The van der Waals surface area contributed by atoms with Crippen LogP contribution in [0.5, 0.6) is 0 Å². The fourth-order valence-electron chi connectivity index (χ4n) is 3.93. The number of rotatable bonds is 6. The lowest BCUT2D eigenvalue weighted by Crippen LogP contribution is -2.47. The molecule has 2 fully saturated rings. The van der Waals surface area contributed by atoms with Gasteiger partial charge in [-0.15, -0.1) is 0 Å². The van der Waals surface area contributed by atoms with Crippen molar-refractivity contribution in [2.24, 2.45) is 10.9 Å². The zero-order valence-corrected chi connectivity index (χ0v) is 16.6. The molecule has 1 saturated carbocycles. The Kier molecular flexibility index (Phi) is 7.28. The van der Waals surface area contributed by atoms with Crippen molar-refractivity contribution in [1.29, 1.82) is 0 Å². The molecule has 1 aromatic rings. The van der Waals surface area contributed by atoms with E-state index >= 15 is 0 Å². The Balaban J connectivity index is 1.39. The van der Waals surface area contributed by atoms with Crippen LogP contribution in [-0.4, -0.2) is 50.5 Å². The quantitative estimate of drug-likeness (QED) is 0.395. The molecular formula is C21H31N5O2. The van der Waals surface area contributed by atoms with E-state index in [9.17, 15) is 9.59 Å². The van der Waals surface area contributed by atoms with Gasteiger partial charge in [0, 0.05) is 44.7 Å². The minimum Gasteiger partial charge on any atom is -0.355 e. The molecule has 1 aliphatic heterocycles. The van der Waals surface area contributed by atoms with Crippen LogP contribution >= 0.6 is 0 Å². The van der Waals surface area contributed by atoms with Gasteiger partial charge >= 0.3 is 0 Å². The zero-order valence-electron chi connectivity index (χ0n) is 16.6. The number of amides is 2. The molecule has 1 heterocycles. The van der Waals surface area contributed by atoms with Gasteiger partial charge in [-0.05, 0) is 25.0 Å². The van der Waals surface area contributed by atoms with Crippen molar-refractivity contribution in [2.75, 3.05) is 31.6 Å². The maximum Gasteiger partial charge on any atom is 0.229 e. The number of carbonyl (C=O) groups is 2. The molecule has 7 heteroatoms. The van der Waals surface area contributed by atoms with E-state index in [4.69, 9.17) is 0 Å². The van der Waals surface area contributed by atoms with Crippen molar-refractivity contribution in [3.8, 4) is 0 Å². The van der Waals surface area contributed by atoms with E-state index in [0.29, 0.717) is 32.0 Å². The second-order valence-corrected chi connectivity index (χ2v) is 7.51. The highest BCUT2D eigenvalue weighted by Gasteiger charge is 2.31. The van der Waals surface area contributed by atoms with E-state index in [2.05, 4.69) is 20.9 Å². The topological polar surface area (TPSA) is 85.8 Å². The van der Waals surface area contributed by atoms with Crippen molar-refractivity contribution >= 4 is 23.5 Å². The van der Waals surface area contributed by atoms with Gasteiger partial charge in [0.1, 0.15) is 0 Å². The van der Waals surface area contributed by atoms with Gasteiger partial charge in [-0.3, -0.25) is 14.6 Å². The number of guanidine groups is 1. The standard InChI is InChI=1S/C21H31N5O2/c1-22-21(24-13-12-23-20(28)16-8-4-2-5-9-16)25-17-14-19(27)26(15-17)18-10-6-3-7-11-18/h3,6-7,10-11,16-17H,2,4-5,8-9,12-15H2,1H3,(H,23,28)(H2,22,24,25). The van der Waals surface area contributed by atoms with Crippen LogP contribution in [0.15, 0.2) is 35.3 Å². The number of carbonyl (C=O) groups excluding carboxylic acids is 2. The molecule has 2 aliphatic rings. The molecule has 0 radical (unpaired) electrons. The Morgan fingerprint density at radius 2 is 1.82 bits per heavy atom. The van der Waals surface area contributed by atoms with Gasteiger partial charge in [0.2, 0.25) is 11.8 Å². The first kappa shape index (κ1) is 20.2. The number of aliphatic imine (C=N–C) groups is 1. The van der Waals surface area contributed by atoms with Crippen LogP contribution in [0.25, 0.3) is 0 Å². The summed E-state index contributed by atoms with van der Waals surface area (Å²) >= 11 is 0. The van der Waals surface area contributed by atoms with E-state index in [1.165, 1.54) is 6.42 Å². The van der Waals surface area contributed by atoms with Crippen LogP contribution in [0.1, 0.15) is 38.5 Å². The maximum absolute atomic E-state index is 12.3. The summed E-state index contributed by atoms with van der Waals surface area (Å²) in [6.45, 7) is 1.78.